The van der Waals surface area contributed by atoms with Crippen molar-refractivity contribution in [3.05, 3.63) is 51.8 Å². The fraction of sp³-hybridized carbons (Fsp3) is 0.231. The first-order valence-electron chi connectivity index (χ1n) is 6.06. The number of hydrogen-bond acceptors (Lipinski definition) is 3. The number of imidazole rings is 1. The Hall–Kier alpha value is -2.57. The van der Waals surface area contributed by atoms with Gasteiger partial charge in [0.25, 0.3) is 0 Å². The van der Waals surface area contributed by atoms with Crippen LogP contribution in [-0.2, 0) is 17.6 Å². The third-order valence-corrected chi connectivity index (χ3v) is 2.77. The zero-order valence-corrected chi connectivity index (χ0v) is 10.6. The molecule has 0 spiro atoms. The van der Waals surface area contributed by atoms with E-state index in [2.05, 4.69) is 15.3 Å². The number of aromatic hydroxyl groups is 1. The second-order valence-corrected chi connectivity index (χ2v) is 4.31. The smallest absolute Gasteiger partial charge is 0.325 e. The lowest BCUT2D eigenvalue weighted by molar-refractivity contribution is -0.120. The average Bonchev–Trinajstić information content (AvgIpc) is 2.70. The second kappa shape index (κ2) is 6.05. The quantitative estimate of drug-likeness (QED) is 0.639. The summed E-state index contributed by atoms with van der Waals surface area (Å²) < 4.78 is 12.7. The molecule has 1 amide bonds. The number of H-pyrrole nitrogens is 2. The highest BCUT2D eigenvalue weighted by atomic mass is 19.1. The lowest BCUT2D eigenvalue weighted by atomic mass is 10.1. The van der Waals surface area contributed by atoms with Crippen molar-refractivity contribution in [2.75, 3.05) is 6.54 Å². The van der Waals surface area contributed by atoms with Gasteiger partial charge in [0.1, 0.15) is 5.82 Å². The molecule has 0 bridgehead atoms. The van der Waals surface area contributed by atoms with Crippen LogP contribution < -0.4 is 11.0 Å². The van der Waals surface area contributed by atoms with Crippen molar-refractivity contribution in [3.8, 4) is 5.88 Å². The Kier molecular flexibility index (Phi) is 4.19. The minimum Gasteiger partial charge on any atom is -0.493 e. The summed E-state index contributed by atoms with van der Waals surface area (Å²) in [6.07, 6.45) is 0.454. The zero-order valence-electron chi connectivity index (χ0n) is 10.6. The van der Waals surface area contributed by atoms with Crippen LogP contribution in [0.4, 0.5) is 4.39 Å². The third kappa shape index (κ3) is 3.71. The standard InChI is InChI=1S/C13H14FN3O3/c14-9-3-1-8(2-4-9)5-6-15-11(18)7-10-12(19)17-13(20)16-10/h1-4,19H,5-7H2,(H,15,18)(H2,16,17,20). The van der Waals surface area contributed by atoms with Crippen LogP contribution in [0.25, 0.3) is 0 Å². The molecule has 4 N–H and O–H groups in total. The first kappa shape index (κ1) is 13.9. The minimum atomic E-state index is -0.559. The number of benzene rings is 1. The molecule has 0 saturated heterocycles. The van der Waals surface area contributed by atoms with Crippen molar-refractivity contribution in [3.63, 3.8) is 0 Å². The Labute approximate surface area is 113 Å². The van der Waals surface area contributed by atoms with Crippen molar-refractivity contribution in [2.45, 2.75) is 12.8 Å². The Morgan fingerprint density at radius 3 is 2.55 bits per heavy atom. The van der Waals surface area contributed by atoms with Gasteiger partial charge in [-0.3, -0.25) is 9.78 Å². The second-order valence-electron chi connectivity index (χ2n) is 4.31. The molecule has 1 aromatic carbocycles. The van der Waals surface area contributed by atoms with Crippen molar-refractivity contribution < 1.29 is 14.3 Å². The summed E-state index contributed by atoms with van der Waals surface area (Å²) >= 11 is 0. The van der Waals surface area contributed by atoms with E-state index >= 15 is 0 Å². The number of carbonyl (C=O) groups is 1. The van der Waals surface area contributed by atoms with Crippen molar-refractivity contribution in [1.29, 1.82) is 0 Å². The Balaban J connectivity index is 1.79. The molecule has 0 unspecified atom stereocenters. The van der Waals surface area contributed by atoms with Crippen LogP contribution in [0.15, 0.2) is 29.1 Å². The maximum Gasteiger partial charge on any atom is 0.325 e. The highest BCUT2D eigenvalue weighted by Crippen LogP contribution is 2.07. The Morgan fingerprint density at radius 1 is 1.25 bits per heavy atom. The molecule has 2 rings (SSSR count). The minimum absolute atomic E-state index is 0.117. The van der Waals surface area contributed by atoms with E-state index in [1.165, 1.54) is 12.1 Å². The monoisotopic (exact) mass is 279 g/mol. The predicted molar refractivity (Wildman–Crippen MR) is 69.9 cm³/mol. The lowest BCUT2D eigenvalue weighted by Crippen LogP contribution is -2.27. The summed E-state index contributed by atoms with van der Waals surface area (Å²) in [5.41, 5.74) is 0.496. The predicted octanol–water partition coefficient (Wildman–Crippen LogP) is 0.449. The normalized spacial score (nSPS) is 10.4. The van der Waals surface area contributed by atoms with Crippen molar-refractivity contribution in [2.24, 2.45) is 0 Å². The molecule has 6 nitrogen and oxygen atoms in total. The summed E-state index contributed by atoms with van der Waals surface area (Å²) in [4.78, 5) is 26.9. The van der Waals surface area contributed by atoms with Gasteiger partial charge in [-0.25, -0.2) is 9.18 Å². The van der Waals surface area contributed by atoms with E-state index < -0.39 is 5.69 Å². The fourth-order valence-corrected chi connectivity index (χ4v) is 1.76. The largest absolute Gasteiger partial charge is 0.493 e. The number of aromatic amines is 2. The van der Waals surface area contributed by atoms with Gasteiger partial charge in [-0.1, -0.05) is 12.1 Å². The Morgan fingerprint density at radius 2 is 1.95 bits per heavy atom. The van der Waals surface area contributed by atoms with Crippen LogP contribution in [0.2, 0.25) is 0 Å². The summed E-state index contributed by atoms with van der Waals surface area (Å²) in [6, 6.07) is 6.02. The van der Waals surface area contributed by atoms with E-state index in [1.54, 1.807) is 12.1 Å². The van der Waals surface area contributed by atoms with Crippen molar-refractivity contribution >= 4 is 5.91 Å². The average molecular weight is 279 g/mol. The van der Waals surface area contributed by atoms with Crippen LogP contribution in [0, 0.1) is 5.82 Å². The summed E-state index contributed by atoms with van der Waals surface area (Å²) in [5.74, 6) is -0.953. The SMILES string of the molecule is O=C(Cc1[nH]c(=O)[nH]c1O)NCCc1ccc(F)cc1. The van der Waals surface area contributed by atoms with Crippen LogP contribution in [0.3, 0.4) is 0 Å². The first-order chi connectivity index (χ1) is 9.54. The van der Waals surface area contributed by atoms with Crippen LogP contribution >= 0.6 is 0 Å². The molecule has 20 heavy (non-hydrogen) atoms. The van der Waals surface area contributed by atoms with Gasteiger partial charge in [0.15, 0.2) is 0 Å². The third-order valence-electron chi connectivity index (χ3n) is 2.77. The molecule has 0 aliphatic carbocycles. The molecule has 0 aliphatic heterocycles. The number of halogens is 1. The highest BCUT2D eigenvalue weighted by molar-refractivity contribution is 5.78. The van der Waals surface area contributed by atoms with Gasteiger partial charge in [-0.15, -0.1) is 0 Å². The zero-order chi connectivity index (χ0) is 14.5. The maximum atomic E-state index is 12.7. The molecule has 1 aromatic heterocycles. The van der Waals surface area contributed by atoms with Crippen LogP contribution in [0.1, 0.15) is 11.3 Å². The van der Waals surface area contributed by atoms with Crippen molar-refractivity contribution in [1.82, 2.24) is 15.3 Å². The molecule has 0 saturated carbocycles. The van der Waals surface area contributed by atoms with E-state index in [1.807, 2.05) is 0 Å². The van der Waals surface area contributed by atoms with Crippen LogP contribution in [-0.4, -0.2) is 27.5 Å². The molecular formula is C13H14FN3O3. The van der Waals surface area contributed by atoms with Gasteiger partial charge in [0, 0.05) is 6.54 Å². The van der Waals surface area contributed by atoms with E-state index in [0.29, 0.717) is 13.0 Å². The molecule has 1 heterocycles. The molecular weight excluding hydrogens is 265 g/mol. The van der Waals surface area contributed by atoms with E-state index in [-0.39, 0.29) is 29.7 Å². The van der Waals surface area contributed by atoms with Gasteiger partial charge < -0.3 is 15.4 Å². The number of rotatable bonds is 5. The van der Waals surface area contributed by atoms with E-state index in [4.69, 9.17) is 0 Å². The number of aromatic nitrogens is 2. The lowest BCUT2D eigenvalue weighted by Gasteiger charge is -2.04. The van der Waals surface area contributed by atoms with E-state index in [9.17, 15) is 19.1 Å². The van der Waals surface area contributed by atoms with Gasteiger partial charge >= 0.3 is 5.69 Å². The first-order valence-corrected chi connectivity index (χ1v) is 6.06. The van der Waals surface area contributed by atoms with Gasteiger partial charge in [-0.2, -0.15) is 0 Å². The molecule has 0 atom stereocenters. The summed E-state index contributed by atoms with van der Waals surface area (Å²) in [5, 5.41) is 12.0. The number of amides is 1. The molecule has 0 fully saturated rings. The van der Waals surface area contributed by atoms with Gasteiger partial charge in [0.2, 0.25) is 11.8 Å². The van der Waals surface area contributed by atoms with Gasteiger partial charge in [0.05, 0.1) is 12.1 Å². The van der Waals surface area contributed by atoms with Crippen LogP contribution in [0.5, 0.6) is 5.88 Å². The number of carbonyl (C=O) groups excluding carboxylic acids is 1. The molecule has 106 valence electrons. The summed E-state index contributed by atoms with van der Waals surface area (Å²) in [6.45, 7) is 0.389. The van der Waals surface area contributed by atoms with E-state index in [0.717, 1.165) is 5.56 Å². The highest BCUT2D eigenvalue weighted by Gasteiger charge is 2.10. The molecule has 0 radical (unpaired) electrons. The fourth-order valence-electron chi connectivity index (χ4n) is 1.76. The molecule has 7 heteroatoms. The number of hydrogen-bond donors (Lipinski definition) is 4. The number of nitrogens with one attached hydrogen (secondary N) is 3. The topological polar surface area (TPSA) is 98.0 Å². The molecule has 0 aliphatic rings. The maximum absolute atomic E-state index is 12.7. The Bertz CT molecular complexity index is 646. The summed E-state index contributed by atoms with van der Waals surface area (Å²) in [7, 11) is 0. The van der Waals surface area contributed by atoms with Gasteiger partial charge in [-0.05, 0) is 24.1 Å². The molecule has 2 aromatic rings.